The summed E-state index contributed by atoms with van der Waals surface area (Å²) in [5.41, 5.74) is 8.81. The molecule has 0 radical (unpaired) electrons. The van der Waals surface area contributed by atoms with Gasteiger partial charge in [0.2, 0.25) is 0 Å². The van der Waals surface area contributed by atoms with E-state index < -0.39 is 22.9 Å². The van der Waals surface area contributed by atoms with E-state index in [9.17, 15) is 14.7 Å². The summed E-state index contributed by atoms with van der Waals surface area (Å²) >= 11 is 1.64. The fourth-order valence-corrected chi connectivity index (χ4v) is 7.76. The van der Waals surface area contributed by atoms with Crippen molar-refractivity contribution in [3.05, 3.63) is 161 Å². The highest BCUT2D eigenvalue weighted by Gasteiger charge is 2.37. The molecule has 6 rings (SSSR count). The summed E-state index contributed by atoms with van der Waals surface area (Å²) in [4.78, 5) is 25.3. The number of hydrogen-bond acceptors (Lipinski definition) is 5. The summed E-state index contributed by atoms with van der Waals surface area (Å²) in [5.74, 6) is 0.0860. The van der Waals surface area contributed by atoms with Gasteiger partial charge in [0.15, 0.2) is 0 Å². The first-order valence-corrected chi connectivity index (χ1v) is 16.2. The molecule has 2 N–H and O–H groups in total. The summed E-state index contributed by atoms with van der Waals surface area (Å²) in [6.07, 6.45) is 0.224. The Bertz CT molecular complexity index is 1770. The molecule has 0 bridgehead atoms. The fraction of sp³-hybridized carbons (Fsp3) is 0.179. The van der Waals surface area contributed by atoms with Crippen LogP contribution in [0.25, 0.3) is 11.1 Å². The Morgan fingerprint density at radius 3 is 2.04 bits per heavy atom. The van der Waals surface area contributed by atoms with E-state index in [4.69, 9.17) is 9.47 Å². The lowest BCUT2D eigenvalue weighted by Gasteiger charge is -2.36. The van der Waals surface area contributed by atoms with Gasteiger partial charge in [-0.15, -0.1) is 11.8 Å². The zero-order valence-electron chi connectivity index (χ0n) is 25.5. The standard InChI is InChI=1S/C39H35NO5S/c1-44-32-21-19-31(20-22-32)39(29-13-4-2-5-14-29,30-15-6-3-7-16-30)46-24-23-36(37(41)42)40-38(43)45-26-28-12-10-18-34-33-17-9-8-11-27(33)25-35(28)34/h2-22,36H,23-26H2,1H3,(H,40,43)(H,41,42). The smallest absolute Gasteiger partial charge is 0.408 e. The lowest BCUT2D eigenvalue weighted by atomic mass is 9.84. The Kier molecular flexibility index (Phi) is 9.41. The molecule has 0 fully saturated rings. The molecule has 5 aromatic carbocycles. The molecule has 0 saturated heterocycles. The molecule has 7 heteroatoms. The summed E-state index contributed by atoms with van der Waals surface area (Å²) in [6.45, 7) is 0.0622. The summed E-state index contributed by atoms with van der Waals surface area (Å²) in [6, 6.07) is 41.5. The monoisotopic (exact) mass is 629 g/mol. The van der Waals surface area contributed by atoms with Gasteiger partial charge in [-0.25, -0.2) is 9.59 Å². The van der Waals surface area contributed by atoms with Gasteiger partial charge in [-0.3, -0.25) is 0 Å². The topological polar surface area (TPSA) is 84.9 Å². The Morgan fingerprint density at radius 2 is 1.39 bits per heavy atom. The molecule has 0 aromatic heterocycles. The molecule has 0 spiro atoms. The highest BCUT2D eigenvalue weighted by molar-refractivity contribution is 8.00. The number of carbonyl (C=O) groups excluding carboxylic acids is 1. The summed E-state index contributed by atoms with van der Waals surface area (Å²) in [7, 11) is 1.64. The van der Waals surface area contributed by atoms with Gasteiger partial charge in [-0.1, -0.05) is 115 Å². The molecule has 0 heterocycles. The van der Waals surface area contributed by atoms with Gasteiger partial charge in [-0.05, 0) is 75.2 Å². The van der Waals surface area contributed by atoms with E-state index >= 15 is 0 Å². The third kappa shape index (κ3) is 6.37. The molecular weight excluding hydrogens is 594 g/mol. The van der Waals surface area contributed by atoms with Crippen molar-refractivity contribution in [1.29, 1.82) is 0 Å². The minimum Gasteiger partial charge on any atom is -0.497 e. The average molecular weight is 630 g/mol. The number of alkyl carbamates (subject to hydrolysis) is 1. The minimum absolute atomic E-state index is 0.0622. The Hall–Kier alpha value is -5.01. The van der Waals surface area contributed by atoms with Gasteiger partial charge in [0.1, 0.15) is 18.4 Å². The summed E-state index contributed by atoms with van der Waals surface area (Å²) in [5, 5.41) is 12.7. The van der Waals surface area contributed by atoms with E-state index in [1.165, 1.54) is 11.1 Å². The molecule has 0 aliphatic heterocycles. The Labute approximate surface area is 273 Å². The lowest BCUT2D eigenvalue weighted by molar-refractivity contribution is -0.139. The lowest BCUT2D eigenvalue weighted by Crippen LogP contribution is -2.41. The molecule has 0 saturated carbocycles. The molecule has 46 heavy (non-hydrogen) atoms. The maximum absolute atomic E-state index is 12.9. The van der Waals surface area contributed by atoms with Crippen molar-refractivity contribution in [1.82, 2.24) is 5.32 Å². The van der Waals surface area contributed by atoms with Gasteiger partial charge in [0.05, 0.1) is 11.9 Å². The SMILES string of the molecule is COc1ccc(C(SCCC(NC(=O)OCc2cccc3c2Cc2ccccc2-3)C(=O)O)(c2ccccc2)c2ccccc2)cc1. The molecule has 1 aliphatic carbocycles. The van der Waals surface area contributed by atoms with Gasteiger partial charge in [-0.2, -0.15) is 0 Å². The van der Waals surface area contributed by atoms with Crippen molar-refractivity contribution in [2.45, 2.75) is 30.2 Å². The van der Waals surface area contributed by atoms with Crippen LogP contribution in [0.15, 0.2) is 127 Å². The first-order valence-electron chi connectivity index (χ1n) is 15.2. The molecule has 5 aromatic rings. The van der Waals surface area contributed by atoms with Crippen LogP contribution in [-0.2, 0) is 27.3 Å². The van der Waals surface area contributed by atoms with Crippen LogP contribution < -0.4 is 10.1 Å². The van der Waals surface area contributed by atoms with Crippen molar-refractivity contribution in [2.24, 2.45) is 0 Å². The van der Waals surface area contributed by atoms with Gasteiger partial charge < -0.3 is 19.9 Å². The zero-order chi connectivity index (χ0) is 31.9. The van der Waals surface area contributed by atoms with Crippen molar-refractivity contribution in [2.75, 3.05) is 12.9 Å². The second-order valence-electron chi connectivity index (χ2n) is 11.2. The van der Waals surface area contributed by atoms with Crippen LogP contribution in [0.2, 0.25) is 0 Å². The highest BCUT2D eigenvalue weighted by Crippen LogP contribution is 2.49. The van der Waals surface area contributed by atoms with Crippen molar-refractivity contribution in [3.63, 3.8) is 0 Å². The molecular formula is C39H35NO5S. The Morgan fingerprint density at radius 1 is 0.783 bits per heavy atom. The van der Waals surface area contributed by atoms with Gasteiger partial charge in [0, 0.05) is 0 Å². The largest absolute Gasteiger partial charge is 0.497 e. The minimum atomic E-state index is -1.12. The molecule has 1 amide bonds. The van der Waals surface area contributed by atoms with E-state index in [1.54, 1.807) is 18.9 Å². The number of thioether (sulfide) groups is 1. The predicted molar refractivity (Wildman–Crippen MR) is 182 cm³/mol. The van der Waals surface area contributed by atoms with E-state index in [1.807, 2.05) is 72.8 Å². The number of methoxy groups -OCH3 is 1. The van der Waals surface area contributed by atoms with Crippen LogP contribution in [-0.4, -0.2) is 36.1 Å². The van der Waals surface area contributed by atoms with E-state index in [2.05, 4.69) is 59.9 Å². The second kappa shape index (κ2) is 14.0. The summed E-state index contributed by atoms with van der Waals surface area (Å²) < 4.78 is 10.4. The van der Waals surface area contributed by atoms with Crippen LogP contribution in [0, 0.1) is 0 Å². The molecule has 6 nitrogen and oxygen atoms in total. The number of carboxylic acid groups (broad SMARTS) is 1. The van der Waals surface area contributed by atoms with Crippen molar-refractivity contribution < 1.29 is 24.2 Å². The fourth-order valence-electron chi connectivity index (χ4n) is 6.19. The molecule has 1 aliphatic rings. The number of ether oxygens (including phenoxy) is 2. The van der Waals surface area contributed by atoms with Crippen LogP contribution in [0.5, 0.6) is 5.75 Å². The first kappa shape index (κ1) is 31.0. The number of benzene rings is 5. The van der Waals surface area contributed by atoms with Gasteiger partial charge in [0.25, 0.3) is 0 Å². The van der Waals surface area contributed by atoms with E-state index in [0.29, 0.717) is 5.75 Å². The quantitative estimate of drug-likeness (QED) is 0.133. The van der Waals surface area contributed by atoms with E-state index in [0.717, 1.165) is 45.6 Å². The van der Waals surface area contributed by atoms with Crippen molar-refractivity contribution in [3.8, 4) is 16.9 Å². The maximum Gasteiger partial charge on any atom is 0.408 e. The number of amides is 1. The second-order valence-corrected chi connectivity index (χ2v) is 12.5. The first-order chi connectivity index (χ1) is 22.5. The van der Waals surface area contributed by atoms with Crippen LogP contribution in [0.1, 0.15) is 39.8 Å². The van der Waals surface area contributed by atoms with Crippen molar-refractivity contribution >= 4 is 23.8 Å². The predicted octanol–water partition coefficient (Wildman–Crippen LogP) is 8.06. The number of nitrogens with one attached hydrogen (secondary N) is 1. The van der Waals surface area contributed by atoms with Gasteiger partial charge >= 0.3 is 12.1 Å². The number of rotatable bonds is 12. The molecule has 1 unspecified atom stereocenters. The number of fused-ring (bicyclic) bond motifs is 3. The normalized spacial score (nSPS) is 12.5. The average Bonchev–Trinajstić information content (AvgIpc) is 3.49. The van der Waals surface area contributed by atoms with Crippen LogP contribution in [0.4, 0.5) is 4.79 Å². The van der Waals surface area contributed by atoms with Crippen LogP contribution >= 0.6 is 11.8 Å². The Balaban J connectivity index is 1.18. The number of aliphatic carboxylic acids is 1. The third-order valence-corrected chi connectivity index (χ3v) is 10.1. The highest BCUT2D eigenvalue weighted by atomic mass is 32.2. The molecule has 1 atom stereocenters. The number of carbonyl (C=O) groups is 2. The number of carboxylic acids is 1. The third-order valence-electron chi connectivity index (χ3n) is 8.48. The maximum atomic E-state index is 12.9. The van der Waals surface area contributed by atoms with E-state index in [-0.39, 0.29) is 13.0 Å². The van der Waals surface area contributed by atoms with Crippen LogP contribution in [0.3, 0.4) is 0 Å². The number of hydrogen-bond donors (Lipinski definition) is 2. The molecule has 232 valence electrons. The zero-order valence-corrected chi connectivity index (χ0v) is 26.3.